The highest BCUT2D eigenvalue weighted by atomic mass is 16.4. The second-order valence-electron chi connectivity index (χ2n) is 4.39. The summed E-state index contributed by atoms with van der Waals surface area (Å²) in [5, 5.41) is 11.9. The first-order valence-electron chi connectivity index (χ1n) is 6.25. The molecule has 0 aliphatic rings. The Hall–Kier alpha value is -2.63. The summed E-state index contributed by atoms with van der Waals surface area (Å²) in [4.78, 5) is 10.3. The van der Waals surface area contributed by atoms with Crippen LogP contribution in [-0.2, 0) is 6.42 Å². The minimum absolute atomic E-state index is 0.0591. The third-order valence-corrected chi connectivity index (χ3v) is 3.02. The van der Waals surface area contributed by atoms with E-state index in [1.807, 2.05) is 24.1 Å². The standard InChI is InChI=1S/C14H17N5O/c1-19(10-6-11-4-8-16-9-5-11)14-12(13(15)18-20)3-2-7-17-14/h2-5,7-9,20H,6,10H2,1H3,(H2,15,18). The van der Waals surface area contributed by atoms with Crippen molar-refractivity contribution in [3.8, 4) is 0 Å². The van der Waals surface area contributed by atoms with E-state index < -0.39 is 0 Å². The molecule has 0 aliphatic carbocycles. The van der Waals surface area contributed by atoms with Crippen LogP contribution in [0.2, 0.25) is 0 Å². The molecule has 104 valence electrons. The summed E-state index contributed by atoms with van der Waals surface area (Å²) in [5.41, 5.74) is 7.48. The van der Waals surface area contributed by atoms with Crippen LogP contribution < -0.4 is 10.6 Å². The molecule has 6 heteroatoms. The number of likely N-dealkylation sites (N-methyl/N-ethyl adjacent to an activating group) is 1. The Morgan fingerprint density at radius 3 is 2.75 bits per heavy atom. The maximum atomic E-state index is 8.81. The van der Waals surface area contributed by atoms with Gasteiger partial charge >= 0.3 is 0 Å². The van der Waals surface area contributed by atoms with Crippen LogP contribution in [0.15, 0.2) is 48.0 Å². The van der Waals surface area contributed by atoms with E-state index in [-0.39, 0.29) is 5.84 Å². The monoisotopic (exact) mass is 271 g/mol. The lowest BCUT2D eigenvalue weighted by Crippen LogP contribution is -2.26. The third-order valence-electron chi connectivity index (χ3n) is 3.02. The van der Waals surface area contributed by atoms with E-state index in [2.05, 4.69) is 15.1 Å². The Kier molecular flexibility index (Phi) is 4.49. The van der Waals surface area contributed by atoms with Gasteiger partial charge in [-0.1, -0.05) is 5.16 Å². The summed E-state index contributed by atoms with van der Waals surface area (Å²) in [7, 11) is 1.93. The first kappa shape index (κ1) is 13.8. The Labute approximate surface area is 117 Å². The average Bonchev–Trinajstić information content (AvgIpc) is 2.52. The highest BCUT2D eigenvalue weighted by Gasteiger charge is 2.11. The van der Waals surface area contributed by atoms with Gasteiger partial charge in [-0.3, -0.25) is 4.98 Å². The van der Waals surface area contributed by atoms with E-state index in [1.165, 1.54) is 5.56 Å². The summed E-state index contributed by atoms with van der Waals surface area (Å²) in [6.45, 7) is 0.771. The van der Waals surface area contributed by atoms with E-state index in [0.717, 1.165) is 13.0 Å². The molecule has 0 saturated heterocycles. The molecule has 20 heavy (non-hydrogen) atoms. The van der Waals surface area contributed by atoms with Gasteiger partial charge in [0.25, 0.3) is 0 Å². The van der Waals surface area contributed by atoms with Crippen molar-refractivity contribution < 1.29 is 5.21 Å². The van der Waals surface area contributed by atoms with E-state index >= 15 is 0 Å². The molecule has 0 bridgehead atoms. The second-order valence-corrected chi connectivity index (χ2v) is 4.39. The van der Waals surface area contributed by atoms with Crippen LogP contribution in [0.3, 0.4) is 0 Å². The summed E-state index contributed by atoms with van der Waals surface area (Å²) >= 11 is 0. The molecule has 0 saturated carbocycles. The fourth-order valence-electron chi connectivity index (χ4n) is 1.91. The number of hydrogen-bond acceptors (Lipinski definition) is 5. The largest absolute Gasteiger partial charge is 0.409 e. The number of nitrogens with zero attached hydrogens (tertiary/aromatic N) is 4. The van der Waals surface area contributed by atoms with Crippen LogP contribution in [0.1, 0.15) is 11.1 Å². The predicted octanol–water partition coefficient (Wildman–Crippen LogP) is 1.25. The Bertz CT molecular complexity index is 585. The Balaban J connectivity index is 2.11. The van der Waals surface area contributed by atoms with Gasteiger partial charge in [-0.15, -0.1) is 0 Å². The molecule has 2 aromatic rings. The highest BCUT2D eigenvalue weighted by Crippen LogP contribution is 2.15. The summed E-state index contributed by atoms with van der Waals surface area (Å²) in [6, 6.07) is 7.50. The number of aromatic nitrogens is 2. The lowest BCUT2D eigenvalue weighted by Gasteiger charge is -2.20. The average molecular weight is 271 g/mol. The van der Waals surface area contributed by atoms with Crippen LogP contribution >= 0.6 is 0 Å². The zero-order valence-electron chi connectivity index (χ0n) is 11.3. The zero-order valence-corrected chi connectivity index (χ0v) is 11.3. The Morgan fingerprint density at radius 1 is 1.30 bits per heavy atom. The van der Waals surface area contributed by atoms with Crippen molar-refractivity contribution in [2.24, 2.45) is 10.9 Å². The van der Waals surface area contributed by atoms with Crippen molar-refractivity contribution in [2.45, 2.75) is 6.42 Å². The number of anilines is 1. The summed E-state index contributed by atoms with van der Waals surface area (Å²) in [5.74, 6) is 0.751. The van der Waals surface area contributed by atoms with Crippen LogP contribution in [-0.4, -0.2) is 34.6 Å². The number of amidine groups is 1. The van der Waals surface area contributed by atoms with Gasteiger partial charge in [0.2, 0.25) is 0 Å². The first-order valence-corrected chi connectivity index (χ1v) is 6.25. The van der Waals surface area contributed by atoms with Gasteiger partial charge in [0, 0.05) is 32.2 Å². The molecular weight excluding hydrogens is 254 g/mol. The molecule has 6 nitrogen and oxygen atoms in total. The molecular formula is C14H17N5O. The topological polar surface area (TPSA) is 87.6 Å². The molecule has 2 rings (SSSR count). The van der Waals surface area contributed by atoms with E-state index in [4.69, 9.17) is 10.9 Å². The smallest absolute Gasteiger partial charge is 0.173 e. The quantitative estimate of drug-likeness (QED) is 0.370. The summed E-state index contributed by atoms with van der Waals surface area (Å²) in [6.07, 6.45) is 6.10. The van der Waals surface area contributed by atoms with Crippen LogP contribution in [0.5, 0.6) is 0 Å². The molecule has 2 aromatic heterocycles. The molecule has 0 aliphatic heterocycles. The number of nitrogens with two attached hydrogens (primary N) is 1. The molecule has 0 radical (unpaired) electrons. The normalized spacial score (nSPS) is 11.3. The van der Waals surface area contributed by atoms with Gasteiger partial charge in [0.15, 0.2) is 5.84 Å². The minimum Gasteiger partial charge on any atom is -0.409 e. The predicted molar refractivity (Wildman–Crippen MR) is 78.0 cm³/mol. The maximum Gasteiger partial charge on any atom is 0.173 e. The van der Waals surface area contributed by atoms with Crippen LogP contribution in [0, 0.1) is 0 Å². The minimum atomic E-state index is 0.0591. The molecule has 0 aromatic carbocycles. The van der Waals surface area contributed by atoms with Crippen LogP contribution in [0.4, 0.5) is 5.82 Å². The molecule has 0 spiro atoms. The maximum absolute atomic E-state index is 8.81. The molecule has 0 fully saturated rings. The number of rotatable bonds is 5. The van der Waals surface area contributed by atoms with Gasteiger partial charge in [-0.05, 0) is 36.2 Å². The first-order chi connectivity index (χ1) is 9.72. The molecule has 3 N–H and O–H groups in total. The lowest BCUT2D eigenvalue weighted by molar-refractivity contribution is 0.318. The molecule has 0 unspecified atom stereocenters. The fourth-order valence-corrected chi connectivity index (χ4v) is 1.91. The number of pyridine rings is 2. The van der Waals surface area contributed by atoms with Crippen molar-refractivity contribution in [1.82, 2.24) is 9.97 Å². The van der Waals surface area contributed by atoms with Crippen molar-refractivity contribution in [1.29, 1.82) is 0 Å². The van der Waals surface area contributed by atoms with Crippen molar-refractivity contribution in [2.75, 3.05) is 18.5 Å². The van der Waals surface area contributed by atoms with E-state index in [9.17, 15) is 0 Å². The zero-order chi connectivity index (χ0) is 14.4. The fraction of sp³-hybridized carbons (Fsp3) is 0.214. The van der Waals surface area contributed by atoms with Gasteiger partial charge in [-0.25, -0.2) is 4.98 Å². The van der Waals surface area contributed by atoms with Gasteiger partial charge in [0.05, 0.1) is 5.56 Å². The molecule has 0 atom stereocenters. The van der Waals surface area contributed by atoms with Crippen LogP contribution in [0.25, 0.3) is 0 Å². The molecule has 2 heterocycles. The second kappa shape index (κ2) is 6.51. The Morgan fingerprint density at radius 2 is 2.05 bits per heavy atom. The van der Waals surface area contributed by atoms with Gasteiger partial charge in [-0.2, -0.15) is 0 Å². The van der Waals surface area contributed by atoms with Gasteiger partial charge < -0.3 is 15.8 Å². The summed E-state index contributed by atoms with van der Waals surface area (Å²) < 4.78 is 0. The van der Waals surface area contributed by atoms with Gasteiger partial charge in [0.1, 0.15) is 5.82 Å². The highest BCUT2D eigenvalue weighted by molar-refractivity contribution is 6.01. The number of oxime groups is 1. The third kappa shape index (κ3) is 3.23. The number of hydrogen-bond donors (Lipinski definition) is 2. The van der Waals surface area contributed by atoms with Crippen molar-refractivity contribution >= 4 is 11.7 Å². The van der Waals surface area contributed by atoms with E-state index in [1.54, 1.807) is 30.7 Å². The van der Waals surface area contributed by atoms with E-state index in [0.29, 0.717) is 11.4 Å². The molecule has 0 amide bonds. The lowest BCUT2D eigenvalue weighted by atomic mass is 10.2. The van der Waals surface area contributed by atoms with Crippen molar-refractivity contribution in [3.05, 3.63) is 54.0 Å². The van der Waals surface area contributed by atoms with Crippen molar-refractivity contribution in [3.63, 3.8) is 0 Å². The SMILES string of the molecule is CN(CCc1ccncc1)c1ncccc1C(N)=NO.